The fraction of sp³-hybridized carbons (Fsp3) is 0.395. The van der Waals surface area contributed by atoms with E-state index in [1.54, 1.807) is 12.1 Å². The summed E-state index contributed by atoms with van der Waals surface area (Å²) in [6, 6.07) is 38.3. The van der Waals surface area contributed by atoms with Crippen LogP contribution in [0.15, 0.2) is 115 Å². The molecule has 4 aromatic rings. The fourth-order valence-electron chi connectivity index (χ4n) is 6.82. The van der Waals surface area contributed by atoms with E-state index < -0.39 is 10.3 Å². The molecule has 2 amide bonds. The van der Waals surface area contributed by atoms with Crippen molar-refractivity contribution in [3.05, 3.63) is 138 Å². The van der Waals surface area contributed by atoms with Gasteiger partial charge in [-0.1, -0.05) is 123 Å². The fourth-order valence-corrected chi connectivity index (χ4v) is 8.69. The van der Waals surface area contributed by atoms with Gasteiger partial charge in [0.1, 0.15) is 11.4 Å². The predicted octanol–water partition coefficient (Wildman–Crippen LogP) is 8.16. The molecule has 4 aromatic carbocycles. The molecule has 0 bridgehead atoms. The van der Waals surface area contributed by atoms with E-state index in [0.717, 1.165) is 18.4 Å². The first-order valence-corrected chi connectivity index (χ1v) is 19.0. The van der Waals surface area contributed by atoms with Gasteiger partial charge in [0.25, 0.3) is 0 Å². The van der Waals surface area contributed by atoms with Gasteiger partial charge >= 0.3 is 6.09 Å². The van der Waals surface area contributed by atoms with E-state index in [9.17, 15) is 14.7 Å². The lowest BCUT2D eigenvalue weighted by atomic mass is 9.84. The molecule has 1 saturated heterocycles. The monoisotopic (exact) mass is 707 g/mol. The number of rotatable bonds is 14. The van der Waals surface area contributed by atoms with Gasteiger partial charge in [-0.15, -0.1) is 11.8 Å². The molecule has 0 radical (unpaired) electrons. The average Bonchev–Trinajstić information content (AvgIpc) is 3.55. The van der Waals surface area contributed by atoms with Crippen LogP contribution in [0.25, 0.3) is 0 Å². The molecule has 5 rings (SSSR count). The maximum Gasteiger partial charge on any atom is 0.410 e. The van der Waals surface area contributed by atoms with Gasteiger partial charge in [0.05, 0.1) is 16.8 Å². The highest BCUT2D eigenvalue weighted by atomic mass is 32.2. The number of nitrogens with one attached hydrogen (secondary N) is 2. The summed E-state index contributed by atoms with van der Waals surface area (Å²) in [7, 11) is 0. The Kier molecular flexibility index (Phi) is 12.9. The van der Waals surface area contributed by atoms with Crippen LogP contribution in [0, 0.1) is 5.92 Å². The number of carbonyl (C=O) groups excluding carboxylic acids is 2. The molecule has 7 nitrogen and oxygen atoms in total. The number of amides is 2. The van der Waals surface area contributed by atoms with E-state index in [1.807, 2.05) is 67.8 Å². The number of benzene rings is 4. The first-order valence-electron chi connectivity index (χ1n) is 18.1. The maximum atomic E-state index is 13.8. The van der Waals surface area contributed by atoms with Crippen molar-refractivity contribution in [1.29, 1.82) is 0 Å². The number of carbonyl (C=O) groups is 2. The molecule has 4 atom stereocenters. The lowest BCUT2D eigenvalue weighted by Gasteiger charge is -2.37. The van der Waals surface area contributed by atoms with Gasteiger partial charge in [-0.05, 0) is 80.5 Å². The molecule has 0 aliphatic carbocycles. The van der Waals surface area contributed by atoms with Crippen molar-refractivity contribution in [2.45, 2.75) is 81.6 Å². The molecular weight excluding hydrogens is 655 g/mol. The number of thioether (sulfide) groups is 1. The Balaban J connectivity index is 1.39. The summed E-state index contributed by atoms with van der Waals surface area (Å²) in [5.41, 5.74) is 3.94. The number of likely N-dealkylation sites (tertiary alicyclic amines) is 1. The van der Waals surface area contributed by atoms with Crippen LogP contribution in [0.3, 0.4) is 0 Å². The second-order valence-electron chi connectivity index (χ2n) is 14.5. The van der Waals surface area contributed by atoms with Crippen molar-refractivity contribution in [2.24, 2.45) is 5.92 Å². The molecule has 8 heteroatoms. The lowest BCUT2D eigenvalue weighted by Crippen LogP contribution is -2.52. The van der Waals surface area contributed by atoms with Gasteiger partial charge in [0.15, 0.2) is 0 Å². The van der Waals surface area contributed by atoms with Crippen LogP contribution in [0.5, 0.6) is 5.75 Å². The molecule has 0 saturated carbocycles. The molecule has 3 N–H and O–H groups in total. The maximum absolute atomic E-state index is 13.8. The largest absolute Gasteiger partial charge is 0.508 e. The zero-order chi connectivity index (χ0) is 36.4. The van der Waals surface area contributed by atoms with E-state index in [4.69, 9.17) is 4.74 Å². The molecule has 0 aromatic heterocycles. The highest BCUT2D eigenvalue weighted by Gasteiger charge is 2.45. The summed E-state index contributed by atoms with van der Waals surface area (Å²) in [6.45, 7) is 11.3. The topological polar surface area (TPSA) is 90.9 Å². The SMILES string of the molecule is CC[C@H](C)[C@H](NCCc1ccc(O)cc1)C(=O)NCC1CC(SC(c2ccccc2)(c2ccccc2)c2ccccc2)CN1C(=O)OC(C)(C)C. The Labute approximate surface area is 308 Å². The average molecular weight is 708 g/mol. The molecule has 1 aliphatic rings. The van der Waals surface area contributed by atoms with Crippen molar-refractivity contribution in [2.75, 3.05) is 19.6 Å². The lowest BCUT2D eigenvalue weighted by molar-refractivity contribution is -0.124. The molecule has 1 aliphatic heterocycles. The summed E-state index contributed by atoms with van der Waals surface area (Å²) in [4.78, 5) is 29.4. The van der Waals surface area contributed by atoms with E-state index in [2.05, 4.69) is 97.3 Å². The van der Waals surface area contributed by atoms with Crippen LogP contribution in [-0.4, -0.2) is 64.6 Å². The highest BCUT2D eigenvalue weighted by molar-refractivity contribution is 8.01. The standard InChI is InChI=1S/C43H53N3O4S/c1-6-31(2)39(44-27-26-32-22-24-37(47)25-23-32)40(48)45-29-36-28-38(30-46(36)41(49)50-42(3,4)5)51-43(33-16-10-7-11-17-33,34-18-12-8-13-19-34)35-20-14-9-15-21-35/h7-25,31,36,38-39,44,47H,6,26-30H2,1-5H3,(H,45,48)/t31-,36?,38?,39-/m0/s1. The number of phenolic OH excluding ortho intramolecular Hbond substituents is 1. The third-order valence-corrected chi connectivity index (χ3v) is 11.3. The second-order valence-corrected chi connectivity index (χ2v) is 16.0. The zero-order valence-corrected chi connectivity index (χ0v) is 31.4. The minimum atomic E-state index is -0.652. The number of ether oxygens (including phenoxy) is 1. The minimum absolute atomic E-state index is 0.0498. The molecule has 1 heterocycles. The second kappa shape index (κ2) is 17.3. The molecule has 270 valence electrons. The third kappa shape index (κ3) is 9.75. The normalized spacial score (nSPS) is 17.5. The number of nitrogens with zero attached hydrogens (tertiary/aromatic N) is 1. The third-order valence-electron chi connectivity index (χ3n) is 9.61. The summed E-state index contributed by atoms with van der Waals surface area (Å²) < 4.78 is 5.40. The molecular formula is C43H53N3O4S. The number of aromatic hydroxyl groups is 1. The van der Waals surface area contributed by atoms with Crippen LogP contribution < -0.4 is 10.6 Å². The van der Waals surface area contributed by atoms with Gasteiger partial charge in [0, 0.05) is 18.3 Å². The summed E-state index contributed by atoms with van der Waals surface area (Å²) in [5.74, 6) is 0.284. The quantitative estimate of drug-likeness (QED) is 0.115. The van der Waals surface area contributed by atoms with Gasteiger partial charge in [-0.3, -0.25) is 4.79 Å². The Morgan fingerprint density at radius 3 is 1.88 bits per heavy atom. The van der Waals surface area contributed by atoms with Crippen LogP contribution in [0.4, 0.5) is 4.79 Å². The Morgan fingerprint density at radius 1 is 0.863 bits per heavy atom. The summed E-state index contributed by atoms with van der Waals surface area (Å²) >= 11 is 1.87. The number of hydrogen-bond donors (Lipinski definition) is 3. The van der Waals surface area contributed by atoms with E-state index in [1.165, 1.54) is 16.7 Å². The van der Waals surface area contributed by atoms with Gasteiger partial charge < -0.3 is 25.4 Å². The van der Waals surface area contributed by atoms with Crippen molar-refractivity contribution in [3.8, 4) is 5.75 Å². The Hall–Kier alpha value is -4.27. The van der Waals surface area contributed by atoms with Crippen molar-refractivity contribution in [1.82, 2.24) is 15.5 Å². The van der Waals surface area contributed by atoms with Crippen LogP contribution in [-0.2, 0) is 20.7 Å². The van der Waals surface area contributed by atoms with Crippen molar-refractivity contribution >= 4 is 23.8 Å². The van der Waals surface area contributed by atoms with Gasteiger partial charge in [-0.25, -0.2) is 4.79 Å². The first kappa shape index (κ1) is 38.0. The van der Waals surface area contributed by atoms with Crippen LogP contribution in [0.1, 0.15) is 69.7 Å². The Morgan fingerprint density at radius 2 is 1.39 bits per heavy atom. The van der Waals surface area contributed by atoms with Crippen molar-refractivity contribution in [3.63, 3.8) is 0 Å². The molecule has 2 unspecified atom stereocenters. The number of hydrogen-bond acceptors (Lipinski definition) is 6. The van der Waals surface area contributed by atoms with E-state index >= 15 is 0 Å². The first-order chi connectivity index (χ1) is 24.5. The van der Waals surface area contributed by atoms with Crippen LogP contribution >= 0.6 is 11.8 Å². The van der Waals surface area contributed by atoms with E-state index in [0.29, 0.717) is 26.1 Å². The van der Waals surface area contributed by atoms with Crippen LogP contribution in [0.2, 0.25) is 0 Å². The molecule has 51 heavy (non-hydrogen) atoms. The number of phenols is 1. The summed E-state index contributed by atoms with van der Waals surface area (Å²) in [5, 5.41) is 16.4. The molecule has 1 fully saturated rings. The molecule has 0 spiro atoms. The zero-order valence-electron chi connectivity index (χ0n) is 30.5. The predicted molar refractivity (Wildman–Crippen MR) is 208 cm³/mol. The van der Waals surface area contributed by atoms with Gasteiger partial charge in [0.2, 0.25) is 5.91 Å². The van der Waals surface area contributed by atoms with Crippen molar-refractivity contribution < 1.29 is 19.4 Å². The highest BCUT2D eigenvalue weighted by Crippen LogP contribution is 2.52. The summed E-state index contributed by atoms with van der Waals surface area (Å²) in [6.07, 6.45) is 1.91. The van der Waals surface area contributed by atoms with Gasteiger partial charge in [-0.2, -0.15) is 0 Å². The Bertz CT molecular complexity index is 1580. The minimum Gasteiger partial charge on any atom is -0.508 e. The van der Waals surface area contributed by atoms with E-state index in [-0.39, 0.29) is 41.0 Å². The smallest absolute Gasteiger partial charge is 0.410 e.